The summed E-state index contributed by atoms with van der Waals surface area (Å²) >= 11 is 0. The molecule has 1 heterocycles. The van der Waals surface area contributed by atoms with Crippen molar-refractivity contribution in [3.63, 3.8) is 0 Å². The van der Waals surface area contributed by atoms with Gasteiger partial charge in [-0.05, 0) is 50.1 Å². The van der Waals surface area contributed by atoms with Gasteiger partial charge in [0, 0.05) is 25.7 Å². The van der Waals surface area contributed by atoms with Crippen molar-refractivity contribution in [3.8, 4) is 0 Å². The molecule has 0 radical (unpaired) electrons. The summed E-state index contributed by atoms with van der Waals surface area (Å²) in [5.74, 6) is 0.556. The third-order valence-electron chi connectivity index (χ3n) is 5.57. The van der Waals surface area contributed by atoms with Gasteiger partial charge >= 0.3 is 0 Å². The molecular formula is C18H36N2O. The Morgan fingerprint density at radius 3 is 2.24 bits per heavy atom. The molecule has 1 aliphatic carbocycles. The van der Waals surface area contributed by atoms with Crippen LogP contribution in [0.3, 0.4) is 0 Å². The fourth-order valence-electron chi connectivity index (χ4n) is 4.09. The van der Waals surface area contributed by atoms with Gasteiger partial charge in [-0.1, -0.05) is 39.5 Å². The van der Waals surface area contributed by atoms with Crippen molar-refractivity contribution in [3.05, 3.63) is 0 Å². The van der Waals surface area contributed by atoms with Gasteiger partial charge in [0.15, 0.2) is 0 Å². The average Bonchev–Trinajstić information content (AvgIpc) is 2.72. The van der Waals surface area contributed by atoms with Crippen LogP contribution >= 0.6 is 0 Å². The molecule has 1 saturated carbocycles. The lowest BCUT2D eigenvalue weighted by molar-refractivity contribution is 0.0777. The maximum Gasteiger partial charge on any atom is 0.0460 e. The first-order valence-electron chi connectivity index (χ1n) is 9.20. The van der Waals surface area contributed by atoms with E-state index in [4.69, 9.17) is 0 Å². The lowest BCUT2D eigenvalue weighted by Crippen LogP contribution is -2.47. The van der Waals surface area contributed by atoms with Gasteiger partial charge in [0.25, 0.3) is 0 Å². The number of nitrogens with zero attached hydrogens (tertiary/aromatic N) is 1. The highest BCUT2D eigenvalue weighted by atomic mass is 16.3. The summed E-state index contributed by atoms with van der Waals surface area (Å²) in [4.78, 5) is 2.68. The van der Waals surface area contributed by atoms with E-state index in [9.17, 15) is 5.11 Å². The predicted octanol–water partition coefficient (Wildman–Crippen LogP) is 3.03. The normalized spacial score (nSPS) is 25.1. The number of hydrogen-bond acceptors (Lipinski definition) is 3. The van der Waals surface area contributed by atoms with Crippen molar-refractivity contribution in [2.75, 3.05) is 32.8 Å². The Bertz CT molecular complexity index is 277. The maximum absolute atomic E-state index is 9.30. The van der Waals surface area contributed by atoms with Crippen LogP contribution in [-0.2, 0) is 0 Å². The second kappa shape index (κ2) is 8.50. The number of hydrogen-bond donors (Lipinski definition) is 2. The molecule has 2 aliphatic rings. The van der Waals surface area contributed by atoms with Gasteiger partial charge < -0.3 is 15.3 Å². The Morgan fingerprint density at radius 1 is 1.10 bits per heavy atom. The molecule has 0 amide bonds. The molecule has 1 aliphatic heterocycles. The summed E-state index contributed by atoms with van der Waals surface area (Å²) in [6, 6.07) is 0.588. The fraction of sp³-hybridized carbons (Fsp3) is 1.00. The van der Waals surface area contributed by atoms with E-state index >= 15 is 0 Å². The molecule has 0 aromatic rings. The number of nitrogens with one attached hydrogen (secondary N) is 1. The Balaban J connectivity index is 1.91. The molecule has 1 saturated heterocycles. The number of rotatable bonds is 6. The molecule has 2 rings (SSSR count). The van der Waals surface area contributed by atoms with E-state index in [0.29, 0.717) is 24.0 Å². The van der Waals surface area contributed by atoms with Crippen molar-refractivity contribution in [1.82, 2.24) is 10.2 Å². The van der Waals surface area contributed by atoms with E-state index < -0.39 is 0 Å². The molecule has 0 atom stereocenters. The zero-order valence-corrected chi connectivity index (χ0v) is 14.2. The van der Waals surface area contributed by atoms with Crippen LogP contribution in [0.2, 0.25) is 0 Å². The average molecular weight is 296 g/mol. The van der Waals surface area contributed by atoms with Crippen molar-refractivity contribution in [2.24, 2.45) is 11.3 Å². The van der Waals surface area contributed by atoms with Gasteiger partial charge in [0.05, 0.1) is 0 Å². The highest BCUT2D eigenvalue weighted by Crippen LogP contribution is 2.36. The summed E-state index contributed by atoms with van der Waals surface area (Å²) < 4.78 is 0. The van der Waals surface area contributed by atoms with Gasteiger partial charge in [0.2, 0.25) is 0 Å². The Hall–Kier alpha value is -0.120. The summed E-state index contributed by atoms with van der Waals surface area (Å²) in [5, 5.41) is 13.0. The minimum absolute atomic E-state index is 0.383. The number of aliphatic hydroxyl groups is 1. The molecule has 3 heteroatoms. The zero-order chi connectivity index (χ0) is 15.1. The van der Waals surface area contributed by atoms with Crippen LogP contribution < -0.4 is 5.32 Å². The van der Waals surface area contributed by atoms with E-state index in [1.54, 1.807) is 0 Å². The second-order valence-electron chi connectivity index (χ2n) is 7.85. The van der Waals surface area contributed by atoms with Crippen molar-refractivity contribution < 1.29 is 5.11 Å². The standard InChI is InChI=1S/C18H36N2O/c1-16(2)19-14-18(9-5-3-4-6-10-18)15-20-11-7-17(13-21)8-12-20/h16-17,19,21H,3-15H2,1-2H3. The minimum atomic E-state index is 0.383. The molecule has 0 aromatic heterocycles. The molecule has 2 fully saturated rings. The summed E-state index contributed by atoms with van der Waals surface area (Å²) in [5.41, 5.74) is 0.493. The Labute approximate surface area is 131 Å². The van der Waals surface area contributed by atoms with Crippen LogP contribution in [0.5, 0.6) is 0 Å². The van der Waals surface area contributed by atoms with Crippen LogP contribution in [-0.4, -0.2) is 48.8 Å². The van der Waals surface area contributed by atoms with E-state index in [-0.39, 0.29) is 0 Å². The zero-order valence-electron chi connectivity index (χ0n) is 14.2. The van der Waals surface area contributed by atoms with Crippen LogP contribution in [0.4, 0.5) is 0 Å². The summed E-state index contributed by atoms with van der Waals surface area (Å²) in [6.45, 7) is 9.74. The molecule has 0 unspecified atom stereocenters. The first-order valence-corrected chi connectivity index (χ1v) is 9.20. The first kappa shape index (κ1) is 17.2. The molecule has 0 spiro atoms. The highest BCUT2D eigenvalue weighted by molar-refractivity contribution is 4.88. The van der Waals surface area contributed by atoms with Gasteiger partial charge in [-0.25, -0.2) is 0 Å². The van der Waals surface area contributed by atoms with Gasteiger partial charge in [0.1, 0.15) is 0 Å². The van der Waals surface area contributed by atoms with Crippen molar-refractivity contribution in [2.45, 2.75) is 71.3 Å². The van der Waals surface area contributed by atoms with Crippen molar-refractivity contribution in [1.29, 1.82) is 0 Å². The lowest BCUT2D eigenvalue weighted by atomic mass is 9.79. The SMILES string of the molecule is CC(C)NCC1(CN2CCC(CO)CC2)CCCCCC1. The smallest absolute Gasteiger partial charge is 0.0460 e. The van der Waals surface area contributed by atoms with Crippen LogP contribution in [0.25, 0.3) is 0 Å². The third kappa shape index (κ3) is 5.54. The largest absolute Gasteiger partial charge is 0.396 e. The van der Waals surface area contributed by atoms with E-state index in [2.05, 4.69) is 24.1 Å². The quantitative estimate of drug-likeness (QED) is 0.740. The summed E-state index contributed by atoms with van der Waals surface area (Å²) in [6.07, 6.45) is 10.8. The summed E-state index contributed by atoms with van der Waals surface area (Å²) in [7, 11) is 0. The topological polar surface area (TPSA) is 35.5 Å². The monoisotopic (exact) mass is 296 g/mol. The lowest BCUT2D eigenvalue weighted by Gasteiger charge is -2.41. The van der Waals surface area contributed by atoms with Crippen LogP contribution in [0, 0.1) is 11.3 Å². The highest BCUT2D eigenvalue weighted by Gasteiger charge is 2.34. The van der Waals surface area contributed by atoms with Crippen LogP contribution in [0.15, 0.2) is 0 Å². The minimum Gasteiger partial charge on any atom is -0.396 e. The number of piperidine rings is 1. The number of aliphatic hydroxyl groups excluding tert-OH is 1. The maximum atomic E-state index is 9.30. The van der Waals surface area contributed by atoms with E-state index in [1.807, 2.05) is 0 Å². The van der Waals surface area contributed by atoms with Crippen LogP contribution in [0.1, 0.15) is 65.2 Å². The van der Waals surface area contributed by atoms with Gasteiger partial charge in [-0.2, -0.15) is 0 Å². The molecule has 2 N–H and O–H groups in total. The number of likely N-dealkylation sites (tertiary alicyclic amines) is 1. The second-order valence-corrected chi connectivity index (χ2v) is 7.85. The predicted molar refractivity (Wildman–Crippen MR) is 89.5 cm³/mol. The Kier molecular flexibility index (Phi) is 6.97. The van der Waals surface area contributed by atoms with E-state index in [0.717, 1.165) is 0 Å². The van der Waals surface area contributed by atoms with E-state index in [1.165, 1.54) is 77.5 Å². The molecular weight excluding hydrogens is 260 g/mol. The molecule has 124 valence electrons. The van der Waals surface area contributed by atoms with Gasteiger partial charge in [-0.15, -0.1) is 0 Å². The fourth-order valence-corrected chi connectivity index (χ4v) is 4.09. The first-order chi connectivity index (χ1) is 10.1. The molecule has 0 aromatic carbocycles. The van der Waals surface area contributed by atoms with Crippen molar-refractivity contribution >= 4 is 0 Å². The Morgan fingerprint density at radius 2 is 1.71 bits per heavy atom. The third-order valence-corrected chi connectivity index (χ3v) is 5.57. The molecule has 0 bridgehead atoms. The molecule has 3 nitrogen and oxygen atoms in total. The molecule has 21 heavy (non-hydrogen) atoms. The van der Waals surface area contributed by atoms with Gasteiger partial charge in [-0.3, -0.25) is 0 Å².